The van der Waals surface area contributed by atoms with Gasteiger partial charge in [0.05, 0.1) is 13.7 Å². The van der Waals surface area contributed by atoms with E-state index in [1.54, 1.807) is 36.3 Å². The molecule has 2 aromatic carbocycles. The lowest BCUT2D eigenvalue weighted by Crippen LogP contribution is -2.37. The van der Waals surface area contributed by atoms with E-state index in [-0.39, 0.29) is 42.1 Å². The van der Waals surface area contributed by atoms with Crippen LogP contribution in [0.3, 0.4) is 0 Å². The zero-order chi connectivity index (χ0) is 22.7. The molecule has 1 N–H and O–H groups in total. The van der Waals surface area contributed by atoms with E-state index in [0.717, 1.165) is 22.4 Å². The van der Waals surface area contributed by atoms with Crippen LogP contribution in [0.15, 0.2) is 65.5 Å². The molecule has 0 radical (unpaired) electrons. The number of rotatable bonds is 6. The van der Waals surface area contributed by atoms with E-state index in [1.165, 1.54) is 12.1 Å². The third-order valence-electron chi connectivity index (χ3n) is 5.42. The standard InChI is InChI=1S/C24H24N4O4/c1-16-14-17-6-3-4-9-21(17)28(16)24(31)20-10-11-23(30)27(26-20)13-12-22(29)25-18-7-5-8-19(15-18)32-2/h3-11,15-16H,12-14H2,1-2H3,(H,25,29)/t16-/m0/s1. The number of para-hydroxylation sites is 1. The molecule has 0 fully saturated rings. The van der Waals surface area contributed by atoms with Gasteiger partial charge in [-0.3, -0.25) is 14.4 Å². The molecule has 1 aliphatic heterocycles. The maximum atomic E-state index is 13.2. The summed E-state index contributed by atoms with van der Waals surface area (Å²) in [7, 11) is 1.55. The molecule has 1 atom stereocenters. The van der Waals surface area contributed by atoms with Crippen LogP contribution in [-0.4, -0.2) is 34.7 Å². The molecule has 0 saturated heterocycles. The summed E-state index contributed by atoms with van der Waals surface area (Å²) in [5, 5.41) is 7.01. The average molecular weight is 432 g/mol. The third-order valence-corrected chi connectivity index (χ3v) is 5.42. The van der Waals surface area contributed by atoms with Gasteiger partial charge in [-0.25, -0.2) is 4.68 Å². The summed E-state index contributed by atoms with van der Waals surface area (Å²) in [5.74, 6) is 0.0902. The van der Waals surface area contributed by atoms with E-state index < -0.39 is 0 Å². The molecule has 3 aromatic rings. The molecule has 0 unspecified atom stereocenters. The first kappa shape index (κ1) is 21.3. The van der Waals surface area contributed by atoms with Crippen molar-refractivity contribution in [3.05, 3.63) is 82.3 Å². The molecule has 0 saturated carbocycles. The number of aromatic nitrogens is 2. The van der Waals surface area contributed by atoms with Crippen molar-refractivity contribution in [3.63, 3.8) is 0 Å². The SMILES string of the molecule is COc1cccc(NC(=O)CCn2nc(C(=O)N3c4ccccc4C[C@@H]3C)ccc2=O)c1. The van der Waals surface area contributed by atoms with Crippen LogP contribution < -0.4 is 20.5 Å². The van der Waals surface area contributed by atoms with E-state index in [4.69, 9.17) is 4.74 Å². The Morgan fingerprint density at radius 1 is 1.12 bits per heavy atom. The molecule has 8 heteroatoms. The molecule has 2 heterocycles. The quantitative estimate of drug-likeness (QED) is 0.647. The molecule has 0 aliphatic carbocycles. The summed E-state index contributed by atoms with van der Waals surface area (Å²) >= 11 is 0. The summed E-state index contributed by atoms with van der Waals surface area (Å²) in [5.41, 5.74) is 2.37. The van der Waals surface area contributed by atoms with Gasteiger partial charge in [0.1, 0.15) is 11.4 Å². The van der Waals surface area contributed by atoms with E-state index >= 15 is 0 Å². The first-order chi connectivity index (χ1) is 15.5. The number of carbonyl (C=O) groups is 2. The molecular formula is C24H24N4O4. The molecule has 32 heavy (non-hydrogen) atoms. The maximum Gasteiger partial charge on any atom is 0.278 e. The molecule has 2 amide bonds. The minimum Gasteiger partial charge on any atom is -0.497 e. The lowest BCUT2D eigenvalue weighted by atomic mass is 10.1. The largest absolute Gasteiger partial charge is 0.497 e. The molecule has 1 aromatic heterocycles. The van der Waals surface area contributed by atoms with Crippen LogP contribution in [0.2, 0.25) is 0 Å². The number of methoxy groups -OCH3 is 1. The Bertz CT molecular complexity index is 1220. The van der Waals surface area contributed by atoms with Crippen molar-refractivity contribution in [2.75, 3.05) is 17.3 Å². The lowest BCUT2D eigenvalue weighted by molar-refractivity contribution is -0.116. The van der Waals surface area contributed by atoms with Gasteiger partial charge in [0, 0.05) is 36.0 Å². The van der Waals surface area contributed by atoms with Crippen LogP contribution >= 0.6 is 0 Å². The number of fused-ring (bicyclic) bond motifs is 1. The third kappa shape index (κ3) is 4.39. The highest BCUT2D eigenvalue weighted by atomic mass is 16.5. The number of amides is 2. The van der Waals surface area contributed by atoms with Gasteiger partial charge < -0.3 is 15.0 Å². The van der Waals surface area contributed by atoms with Gasteiger partial charge in [-0.05, 0) is 43.2 Å². The Morgan fingerprint density at radius 3 is 2.75 bits per heavy atom. The highest BCUT2D eigenvalue weighted by Gasteiger charge is 2.32. The lowest BCUT2D eigenvalue weighted by Gasteiger charge is -2.22. The number of benzene rings is 2. The van der Waals surface area contributed by atoms with Crippen LogP contribution in [0.25, 0.3) is 0 Å². The zero-order valence-electron chi connectivity index (χ0n) is 17.9. The Balaban J connectivity index is 1.46. The number of ether oxygens (including phenoxy) is 1. The predicted molar refractivity (Wildman–Crippen MR) is 121 cm³/mol. The van der Waals surface area contributed by atoms with Gasteiger partial charge in [0.2, 0.25) is 5.91 Å². The Kier molecular flexibility index (Phi) is 6.02. The van der Waals surface area contributed by atoms with E-state index in [9.17, 15) is 14.4 Å². The number of nitrogens with one attached hydrogen (secondary N) is 1. The molecule has 1 aliphatic rings. The predicted octanol–water partition coefficient (Wildman–Crippen LogP) is 2.87. The van der Waals surface area contributed by atoms with Crippen molar-refractivity contribution < 1.29 is 14.3 Å². The minimum absolute atomic E-state index is 0.00396. The monoisotopic (exact) mass is 432 g/mol. The number of anilines is 2. The van der Waals surface area contributed by atoms with Gasteiger partial charge in [-0.15, -0.1) is 0 Å². The van der Waals surface area contributed by atoms with Crippen molar-refractivity contribution >= 4 is 23.2 Å². The van der Waals surface area contributed by atoms with Gasteiger partial charge in [0.15, 0.2) is 0 Å². The minimum atomic E-state index is -0.370. The number of carbonyl (C=O) groups excluding carboxylic acids is 2. The second kappa shape index (κ2) is 9.05. The van der Waals surface area contributed by atoms with Crippen LogP contribution in [0, 0.1) is 0 Å². The van der Waals surface area contributed by atoms with Gasteiger partial charge in [-0.2, -0.15) is 5.10 Å². The van der Waals surface area contributed by atoms with Crippen LogP contribution in [0.5, 0.6) is 5.75 Å². The number of nitrogens with zero attached hydrogens (tertiary/aromatic N) is 3. The van der Waals surface area contributed by atoms with Crippen molar-refractivity contribution in [1.82, 2.24) is 9.78 Å². The molecular weight excluding hydrogens is 408 g/mol. The Labute approximate surface area is 185 Å². The smallest absolute Gasteiger partial charge is 0.278 e. The zero-order valence-corrected chi connectivity index (χ0v) is 17.9. The molecule has 164 valence electrons. The maximum absolute atomic E-state index is 13.2. The molecule has 0 spiro atoms. The van der Waals surface area contributed by atoms with Gasteiger partial charge in [0.25, 0.3) is 11.5 Å². The first-order valence-corrected chi connectivity index (χ1v) is 10.4. The summed E-state index contributed by atoms with van der Waals surface area (Å²) < 4.78 is 6.30. The summed E-state index contributed by atoms with van der Waals surface area (Å²) in [6.45, 7) is 2.04. The van der Waals surface area contributed by atoms with Crippen LogP contribution in [0.1, 0.15) is 29.4 Å². The second-order valence-corrected chi connectivity index (χ2v) is 7.67. The van der Waals surface area contributed by atoms with E-state index in [2.05, 4.69) is 10.4 Å². The van der Waals surface area contributed by atoms with Crippen LogP contribution in [0.4, 0.5) is 11.4 Å². The summed E-state index contributed by atoms with van der Waals surface area (Å²) in [4.78, 5) is 39.5. The van der Waals surface area contributed by atoms with Crippen molar-refractivity contribution in [2.24, 2.45) is 0 Å². The number of aryl methyl sites for hydroxylation is 1. The van der Waals surface area contributed by atoms with E-state index in [0.29, 0.717) is 11.4 Å². The number of hydrogen-bond donors (Lipinski definition) is 1. The first-order valence-electron chi connectivity index (χ1n) is 10.4. The Hall–Kier alpha value is -3.94. The molecule has 4 rings (SSSR count). The summed E-state index contributed by atoms with van der Waals surface area (Å²) in [6, 6.07) is 17.5. The fraction of sp³-hybridized carbons (Fsp3) is 0.250. The fourth-order valence-corrected chi connectivity index (χ4v) is 3.85. The highest BCUT2D eigenvalue weighted by molar-refractivity contribution is 6.06. The van der Waals surface area contributed by atoms with Crippen molar-refractivity contribution in [2.45, 2.75) is 32.4 Å². The fourth-order valence-electron chi connectivity index (χ4n) is 3.85. The molecule has 8 nitrogen and oxygen atoms in total. The average Bonchev–Trinajstić information content (AvgIpc) is 3.13. The normalized spacial score (nSPS) is 14.7. The van der Waals surface area contributed by atoms with Gasteiger partial charge >= 0.3 is 0 Å². The van der Waals surface area contributed by atoms with Gasteiger partial charge in [-0.1, -0.05) is 24.3 Å². The number of hydrogen-bond acceptors (Lipinski definition) is 5. The van der Waals surface area contributed by atoms with Crippen LogP contribution in [-0.2, 0) is 17.8 Å². The second-order valence-electron chi connectivity index (χ2n) is 7.67. The summed E-state index contributed by atoms with van der Waals surface area (Å²) in [6.07, 6.45) is 0.802. The van der Waals surface area contributed by atoms with E-state index in [1.807, 2.05) is 31.2 Å². The Morgan fingerprint density at radius 2 is 1.94 bits per heavy atom. The van der Waals surface area contributed by atoms with Crippen molar-refractivity contribution in [1.29, 1.82) is 0 Å². The van der Waals surface area contributed by atoms with Crippen molar-refractivity contribution in [3.8, 4) is 5.75 Å². The highest BCUT2D eigenvalue weighted by Crippen LogP contribution is 2.32. The topological polar surface area (TPSA) is 93.5 Å². The molecule has 0 bridgehead atoms.